The summed E-state index contributed by atoms with van der Waals surface area (Å²) in [4.78, 5) is 23.4. The molecule has 1 saturated heterocycles. The lowest BCUT2D eigenvalue weighted by Gasteiger charge is -2.29. The van der Waals surface area contributed by atoms with Gasteiger partial charge < -0.3 is 4.74 Å². The van der Waals surface area contributed by atoms with Crippen LogP contribution in [0.25, 0.3) is 10.2 Å². The van der Waals surface area contributed by atoms with E-state index in [1.165, 1.54) is 4.90 Å². The van der Waals surface area contributed by atoms with Gasteiger partial charge in [0.2, 0.25) is 0 Å². The molecule has 2 heterocycles. The Kier molecular flexibility index (Phi) is 8.39. The molecule has 0 unspecified atom stereocenters. The monoisotopic (exact) mass is 483 g/mol. The van der Waals surface area contributed by atoms with Crippen LogP contribution in [0, 0.1) is 0 Å². The summed E-state index contributed by atoms with van der Waals surface area (Å²) >= 11 is 9.26. The quantitative estimate of drug-likeness (QED) is 0.457. The molecular weight excluding hydrogens is 461 g/mol. The van der Waals surface area contributed by atoms with Gasteiger partial charge in [-0.1, -0.05) is 22.9 Å². The first-order valence-electron chi connectivity index (χ1n) is 9.46. The van der Waals surface area contributed by atoms with E-state index in [-0.39, 0.29) is 18.3 Å². The smallest absolute Gasteiger partial charge is 0.260 e. The normalized spacial score (nSPS) is 14.5. The maximum absolute atomic E-state index is 13.3. The van der Waals surface area contributed by atoms with Crippen molar-refractivity contribution in [2.24, 2.45) is 0 Å². The molecule has 3 aromatic rings. The fraction of sp³-hybridized carbons (Fsp3) is 0.333. The standard InChI is InChI=1S/C21H22ClN3O2S2.ClH/c1-28-17-6-7-18-19(14-17)29-21(23-18)25(9-8-24-10-12-27-13-11-24)20(26)15-2-4-16(22)5-3-15;/h2-7,14H,8-13H2,1H3;1H. The van der Waals surface area contributed by atoms with Crippen LogP contribution in [-0.2, 0) is 4.74 Å². The number of carbonyl (C=O) groups excluding carboxylic acids is 1. The van der Waals surface area contributed by atoms with Crippen LogP contribution < -0.4 is 4.90 Å². The first kappa shape index (κ1) is 23.3. The summed E-state index contributed by atoms with van der Waals surface area (Å²) in [7, 11) is 0. The van der Waals surface area contributed by atoms with Gasteiger partial charge in [0.15, 0.2) is 5.13 Å². The van der Waals surface area contributed by atoms with Gasteiger partial charge in [-0.2, -0.15) is 0 Å². The summed E-state index contributed by atoms with van der Waals surface area (Å²) in [6.07, 6.45) is 2.06. The summed E-state index contributed by atoms with van der Waals surface area (Å²) < 4.78 is 6.52. The molecule has 30 heavy (non-hydrogen) atoms. The molecule has 4 rings (SSSR count). The molecule has 1 aliphatic heterocycles. The highest BCUT2D eigenvalue weighted by Gasteiger charge is 2.23. The maximum Gasteiger partial charge on any atom is 0.260 e. The number of anilines is 1. The molecule has 1 aliphatic rings. The van der Waals surface area contributed by atoms with E-state index in [1.807, 2.05) is 6.07 Å². The molecule has 5 nitrogen and oxygen atoms in total. The Morgan fingerprint density at radius 1 is 1.23 bits per heavy atom. The number of hydrogen-bond acceptors (Lipinski definition) is 6. The molecule has 0 atom stereocenters. The zero-order chi connectivity index (χ0) is 20.2. The Bertz CT molecular complexity index is 992. The summed E-state index contributed by atoms with van der Waals surface area (Å²) in [5.74, 6) is -0.0564. The second-order valence-electron chi connectivity index (χ2n) is 6.75. The molecule has 2 aromatic carbocycles. The number of carbonyl (C=O) groups is 1. The minimum Gasteiger partial charge on any atom is -0.379 e. The van der Waals surface area contributed by atoms with Crippen LogP contribution in [-0.4, -0.2) is 61.4 Å². The van der Waals surface area contributed by atoms with Crippen LogP contribution in [0.3, 0.4) is 0 Å². The first-order chi connectivity index (χ1) is 14.1. The van der Waals surface area contributed by atoms with Crippen molar-refractivity contribution in [3.8, 4) is 0 Å². The molecule has 0 radical (unpaired) electrons. The Balaban J connectivity index is 0.00000256. The molecule has 0 aliphatic carbocycles. The minimum atomic E-state index is -0.0564. The van der Waals surface area contributed by atoms with Gasteiger partial charge in [-0.05, 0) is 48.7 Å². The van der Waals surface area contributed by atoms with Gasteiger partial charge in [-0.15, -0.1) is 24.2 Å². The lowest BCUT2D eigenvalue weighted by atomic mass is 10.2. The van der Waals surface area contributed by atoms with Gasteiger partial charge in [-0.25, -0.2) is 4.98 Å². The van der Waals surface area contributed by atoms with Gasteiger partial charge in [0.05, 0.1) is 23.4 Å². The lowest BCUT2D eigenvalue weighted by molar-refractivity contribution is 0.0391. The number of thioether (sulfide) groups is 1. The largest absolute Gasteiger partial charge is 0.379 e. The SMILES string of the molecule is CSc1ccc2nc(N(CCN3CCOCC3)C(=O)c3ccc(Cl)cc3)sc2c1.Cl. The van der Waals surface area contributed by atoms with Crippen molar-refractivity contribution < 1.29 is 9.53 Å². The van der Waals surface area contributed by atoms with Gasteiger partial charge in [0.25, 0.3) is 5.91 Å². The van der Waals surface area contributed by atoms with E-state index in [4.69, 9.17) is 21.3 Å². The van der Waals surface area contributed by atoms with Crippen LogP contribution in [0.15, 0.2) is 47.4 Å². The number of thiazole rings is 1. The van der Waals surface area contributed by atoms with E-state index in [0.29, 0.717) is 17.1 Å². The van der Waals surface area contributed by atoms with E-state index < -0.39 is 0 Å². The summed E-state index contributed by atoms with van der Waals surface area (Å²) in [5.41, 5.74) is 1.53. The number of hydrogen-bond donors (Lipinski definition) is 0. The van der Waals surface area contributed by atoms with Crippen LogP contribution in [0.5, 0.6) is 0 Å². The zero-order valence-electron chi connectivity index (χ0n) is 16.5. The number of rotatable bonds is 6. The Labute approximate surface area is 195 Å². The van der Waals surface area contributed by atoms with Crippen molar-refractivity contribution in [3.63, 3.8) is 0 Å². The second kappa shape index (κ2) is 10.8. The fourth-order valence-corrected chi connectivity index (χ4v) is 4.90. The molecule has 1 amide bonds. The van der Waals surface area contributed by atoms with Crippen molar-refractivity contribution in [1.82, 2.24) is 9.88 Å². The maximum atomic E-state index is 13.3. The van der Waals surface area contributed by atoms with Crippen molar-refractivity contribution in [3.05, 3.63) is 53.1 Å². The number of halogens is 2. The average Bonchev–Trinajstić information content (AvgIpc) is 3.17. The summed E-state index contributed by atoms with van der Waals surface area (Å²) in [5, 5.41) is 1.34. The van der Waals surface area contributed by atoms with Gasteiger partial charge >= 0.3 is 0 Å². The predicted molar refractivity (Wildman–Crippen MR) is 129 cm³/mol. The van der Waals surface area contributed by atoms with E-state index in [1.54, 1.807) is 52.3 Å². The second-order valence-corrected chi connectivity index (χ2v) is 9.07. The Morgan fingerprint density at radius 2 is 1.97 bits per heavy atom. The number of benzene rings is 2. The number of aromatic nitrogens is 1. The average molecular weight is 484 g/mol. The number of fused-ring (bicyclic) bond motifs is 1. The molecule has 0 spiro atoms. The molecular formula is C21H23Cl2N3O2S2. The topological polar surface area (TPSA) is 45.7 Å². The van der Waals surface area contributed by atoms with Crippen molar-refractivity contribution >= 4 is 68.4 Å². The van der Waals surface area contributed by atoms with Gasteiger partial charge in [0.1, 0.15) is 0 Å². The molecule has 0 bridgehead atoms. The van der Waals surface area contributed by atoms with Gasteiger partial charge in [0, 0.05) is 41.7 Å². The van der Waals surface area contributed by atoms with Crippen molar-refractivity contribution in [2.45, 2.75) is 4.90 Å². The molecule has 160 valence electrons. The van der Waals surface area contributed by atoms with Gasteiger partial charge in [-0.3, -0.25) is 14.6 Å². The third-order valence-electron chi connectivity index (χ3n) is 4.90. The highest BCUT2D eigenvalue weighted by Crippen LogP contribution is 2.32. The van der Waals surface area contributed by atoms with Crippen LogP contribution in [0.4, 0.5) is 5.13 Å². The van der Waals surface area contributed by atoms with Crippen LogP contribution in [0.2, 0.25) is 5.02 Å². The minimum absolute atomic E-state index is 0. The number of nitrogens with zero attached hydrogens (tertiary/aromatic N) is 3. The number of morpholine rings is 1. The van der Waals surface area contributed by atoms with Crippen LogP contribution in [0.1, 0.15) is 10.4 Å². The third kappa shape index (κ3) is 5.46. The zero-order valence-corrected chi connectivity index (χ0v) is 19.8. The van der Waals surface area contributed by atoms with E-state index in [9.17, 15) is 4.79 Å². The third-order valence-corrected chi connectivity index (χ3v) is 6.91. The van der Waals surface area contributed by atoms with E-state index in [2.05, 4.69) is 23.3 Å². The fourth-order valence-electron chi connectivity index (χ4n) is 3.23. The molecule has 1 fully saturated rings. The Morgan fingerprint density at radius 3 is 2.67 bits per heavy atom. The highest BCUT2D eigenvalue weighted by atomic mass is 35.5. The van der Waals surface area contributed by atoms with Crippen molar-refractivity contribution in [2.75, 3.05) is 50.5 Å². The molecule has 9 heteroatoms. The lowest BCUT2D eigenvalue weighted by Crippen LogP contribution is -2.43. The molecule has 0 saturated carbocycles. The number of ether oxygens (including phenoxy) is 1. The molecule has 1 aromatic heterocycles. The van der Waals surface area contributed by atoms with E-state index in [0.717, 1.165) is 48.2 Å². The number of amides is 1. The Hall–Kier alpha value is -1.35. The van der Waals surface area contributed by atoms with Crippen molar-refractivity contribution in [1.29, 1.82) is 0 Å². The van der Waals surface area contributed by atoms with E-state index >= 15 is 0 Å². The summed E-state index contributed by atoms with van der Waals surface area (Å²) in [6.45, 7) is 4.62. The van der Waals surface area contributed by atoms with Crippen LogP contribution >= 0.6 is 47.1 Å². The highest BCUT2D eigenvalue weighted by molar-refractivity contribution is 7.98. The first-order valence-corrected chi connectivity index (χ1v) is 11.9. The molecule has 0 N–H and O–H groups in total. The summed E-state index contributed by atoms with van der Waals surface area (Å²) in [6, 6.07) is 13.3. The predicted octanol–water partition coefficient (Wildman–Crippen LogP) is 5.07.